The number of aromatic nitrogens is 2. The molecule has 2 amide bonds. The van der Waals surface area contributed by atoms with Crippen LogP contribution < -0.4 is 10.6 Å². The maximum Gasteiger partial charge on any atom is 0.261 e. The van der Waals surface area contributed by atoms with Crippen LogP contribution in [0.4, 0.5) is 5.95 Å². The van der Waals surface area contributed by atoms with E-state index >= 15 is 0 Å². The van der Waals surface area contributed by atoms with Crippen molar-refractivity contribution in [1.29, 1.82) is 0 Å². The summed E-state index contributed by atoms with van der Waals surface area (Å²) in [5.74, 6) is -0.227. The van der Waals surface area contributed by atoms with Gasteiger partial charge in [0.2, 0.25) is 11.9 Å². The average molecular weight is 314 g/mol. The molecule has 0 fully saturated rings. The number of para-hydroxylation sites is 2. The second-order valence-electron chi connectivity index (χ2n) is 4.76. The summed E-state index contributed by atoms with van der Waals surface area (Å²) < 4.78 is 0. The lowest BCUT2D eigenvalue weighted by Crippen LogP contribution is -2.41. The molecule has 3 aromatic rings. The Morgan fingerprint density at radius 3 is 2.77 bits per heavy atom. The summed E-state index contributed by atoms with van der Waals surface area (Å²) in [6, 6.07) is 10.3. The number of nitrogens with zero attached hydrogens (tertiary/aromatic N) is 1. The number of hydrogen-bond donors (Lipinski definition) is 3. The third-order valence-corrected chi connectivity index (χ3v) is 3.99. The fraction of sp³-hybridized carbons (Fsp3) is 0.133. The fourth-order valence-corrected chi connectivity index (χ4v) is 2.60. The average Bonchev–Trinajstić information content (AvgIpc) is 3.15. The van der Waals surface area contributed by atoms with Crippen molar-refractivity contribution in [3.05, 3.63) is 46.7 Å². The fourth-order valence-electron chi connectivity index (χ4n) is 1.98. The van der Waals surface area contributed by atoms with Gasteiger partial charge < -0.3 is 10.3 Å². The van der Waals surface area contributed by atoms with Gasteiger partial charge >= 0.3 is 0 Å². The number of nitrogens with one attached hydrogen (secondary N) is 3. The second kappa shape index (κ2) is 5.98. The smallest absolute Gasteiger partial charge is 0.261 e. The van der Waals surface area contributed by atoms with E-state index in [0.717, 1.165) is 11.0 Å². The number of hydrogen-bond acceptors (Lipinski definition) is 4. The van der Waals surface area contributed by atoms with Crippen LogP contribution >= 0.6 is 11.3 Å². The molecule has 1 aromatic carbocycles. The Morgan fingerprint density at radius 2 is 2.05 bits per heavy atom. The van der Waals surface area contributed by atoms with E-state index in [4.69, 9.17) is 0 Å². The number of thiophene rings is 1. The van der Waals surface area contributed by atoms with Crippen molar-refractivity contribution in [3.8, 4) is 0 Å². The van der Waals surface area contributed by atoms with Gasteiger partial charge in [-0.25, -0.2) is 4.98 Å². The number of anilines is 1. The van der Waals surface area contributed by atoms with Gasteiger partial charge in [-0.2, -0.15) is 0 Å². The summed E-state index contributed by atoms with van der Waals surface area (Å²) in [6.45, 7) is 1.63. The Morgan fingerprint density at radius 1 is 1.23 bits per heavy atom. The molecule has 0 saturated heterocycles. The highest BCUT2D eigenvalue weighted by Crippen LogP contribution is 2.13. The molecule has 0 saturated carbocycles. The van der Waals surface area contributed by atoms with Gasteiger partial charge in [0.25, 0.3) is 5.91 Å². The third-order valence-electron chi connectivity index (χ3n) is 3.12. The zero-order valence-electron chi connectivity index (χ0n) is 11.8. The lowest BCUT2D eigenvalue weighted by Gasteiger charge is -2.12. The lowest BCUT2D eigenvalue weighted by atomic mass is 10.3. The second-order valence-corrected chi connectivity index (χ2v) is 5.71. The van der Waals surface area contributed by atoms with Crippen molar-refractivity contribution in [2.75, 3.05) is 5.32 Å². The van der Waals surface area contributed by atoms with Crippen molar-refractivity contribution in [2.45, 2.75) is 13.0 Å². The molecule has 1 atom stereocenters. The number of H-pyrrole nitrogens is 1. The van der Waals surface area contributed by atoms with Gasteiger partial charge in [-0.15, -0.1) is 11.3 Å². The summed E-state index contributed by atoms with van der Waals surface area (Å²) in [5, 5.41) is 7.13. The quantitative estimate of drug-likeness (QED) is 0.691. The minimum atomic E-state index is -0.664. The molecule has 0 aliphatic heterocycles. The van der Waals surface area contributed by atoms with E-state index < -0.39 is 6.04 Å². The van der Waals surface area contributed by atoms with E-state index in [1.807, 2.05) is 29.6 Å². The van der Waals surface area contributed by atoms with Crippen LogP contribution in [0.3, 0.4) is 0 Å². The van der Waals surface area contributed by atoms with E-state index in [1.165, 1.54) is 11.3 Å². The molecule has 0 unspecified atom stereocenters. The molecule has 2 heterocycles. The van der Waals surface area contributed by atoms with Crippen LogP contribution in [0.2, 0.25) is 0 Å². The summed E-state index contributed by atoms with van der Waals surface area (Å²) in [7, 11) is 0. The van der Waals surface area contributed by atoms with Crippen molar-refractivity contribution < 1.29 is 9.59 Å². The minimum Gasteiger partial charge on any atom is -0.340 e. The van der Waals surface area contributed by atoms with Gasteiger partial charge in [-0.05, 0) is 30.5 Å². The molecule has 2 aromatic heterocycles. The van der Waals surface area contributed by atoms with Crippen LogP contribution in [0.25, 0.3) is 11.0 Å². The molecule has 0 bridgehead atoms. The molecular formula is C15H14N4O2S. The Balaban J connectivity index is 1.64. The first-order chi connectivity index (χ1) is 10.6. The standard InChI is InChI=1S/C15H14N4O2S/c1-9(16-14(21)12-7-4-8-22-12)13(20)19-15-17-10-5-2-3-6-11(10)18-15/h2-9H,1H3,(H,16,21)(H2,17,18,19,20)/t9-/m0/s1. The topological polar surface area (TPSA) is 86.9 Å². The highest BCUT2D eigenvalue weighted by Gasteiger charge is 2.18. The first-order valence-electron chi connectivity index (χ1n) is 6.73. The van der Waals surface area contributed by atoms with E-state index in [9.17, 15) is 9.59 Å². The Kier molecular flexibility index (Phi) is 3.88. The summed E-state index contributed by atoms with van der Waals surface area (Å²) in [5.41, 5.74) is 1.61. The van der Waals surface area contributed by atoms with Crippen molar-refractivity contribution in [3.63, 3.8) is 0 Å². The molecule has 0 spiro atoms. The summed E-state index contributed by atoms with van der Waals surface area (Å²) in [4.78, 5) is 31.9. The molecular weight excluding hydrogens is 300 g/mol. The van der Waals surface area contributed by atoms with Gasteiger partial charge in [0, 0.05) is 0 Å². The van der Waals surface area contributed by atoms with Gasteiger partial charge in [-0.1, -0.05) is 18.2 Å². The normalized spacial score (nSPS) is 12.0. The Labute approximate surface area is 130 Å². The number of imidazole rings is 1. The number of fused-ring (bicyclic) bond motifs is 1. The largest absolute Gasteiger partial charge is 0.340 e. The van der Waals surface area contributed by atoms with Crippen LogP contribution in [-0.4, -0.2) is 27.8 Å². The highest BCUT2D eigenvalue weighted by molar-refractivity contribution is 7.12. The van der Waals surface area contributed by atoms with E-state index in [2.05, 4.69) is 20.6 Å². The first kappa shape index (κ1) is 14.3. The first-order valence-corrected chi connectivity index (χ1v) is 7.61. The van der Waals surface area contributed by atoms with E-state index in [0.29, 0.717) is 10.8 Å². The number of amides is 2. The predicted molar refractivity (Wildman–Crippen MR) is 86.0 cm³/mol. The zero-order valence-corrected chi connectivity index (χ0v) is 12.6. The van der Waals surface area contributed by atoms with Crippen molar-refractivity contribution >= 4 is 40.1 Å². The molecule has 22 heavy (non-hydrogen) atoms. The maximum atomic E-state index is 12.1. The zero-order chi connectivity index (χ0) is 15.5. The number of carbonyl (C=O) groups is 2. The molecule has 0 aliphatic carbocycles. The predicted octanol–water partition coefficient (Wildman–Crippen LogP) is 2.38. The van der Waals surface area contributed by atoms with Crippen molar-refractivity contribution in [1.82, 2.24) is 15.3 Å². The van der Waals surface area contributed by atoms with Crippen molar-refractivity contribution in [2.24, 2.45) is 0 Å². The molecule has 0 radical (unpaired) electrons. The van der Waals surface area contributed by atoms with E-state index in [-0.39, 0.29) is 11.8 Å². The minimum absolute atomic E-state index is 0.262. The number of rotatable bonds is 4. The summed E-state index contributed by atoms with van der Waals surface area (Å²) >= 11 is 1.33. The summed E-state index contributed by atoms with van der Waals surface area (Å²) in [6.07, 6.45) is 0. The van der Waals surface area contributed by atoms with Crippen LogP contribution in [0.1, 0.15) is 16.6 Å². The molecule has 7 heteroatoms. The van der Waals surface area contributed by atoms with Crippen LogP contribution in [0, 0.1) is 0 Å². The van der Waals surface area contributed by atoms with Crippen LogP contribution in [0.15, 0.2) is 41.8 Å². The number of benzene rings is 1. The third kappa shape index (κ3) is 2.99. The number of aromatic amines is 1. The molecule has 0 aliphatic rings. The van der Waals surface area contributed by atoms with Gasteiger partial charge in [0.1, 0.15) is 6.04 Å². The van der Waals surface area contributed by atoms with Gasteiger partial charge in [-0.3, -0.25) is 14.9 Å². The molecule has 112 valence electrons. The van der Waals surface area contributed by atoms with Gasteiger partial charge in [0.15, 0.2) is 0 Å². The van der Waals surface area contributed by atoms with E-state index in [1.54, 1.807) is 19.1 Å². The Bertz CT molecular complexity index is 777. The monoisotopic (exact) mass is 314 g/mol. The molecule has 3 rings (SSSR count). The lowest BCUT2D eigenvalue weighted by molar-refractivity contribution is -0.117. The maximum absolute atomic E-state index is 12.1. The SMILES string of the molecule is C[C@H](NC(=O)c1cccs1)C(=O)Nc1nc2ccccc2[nH]1. The highest BCUT2D eigenvalue weighted by atomic mass is 32.1. The Hall–Kier alpha value is -2.67. The van der Waals surface area contributed by atoms with Crippen LogP contribution in [-0.2, 0) is 4.79 Å². The number of carbonyl (C=O) groups excluding carboxylic acids is 2. The molecule has 3 N–H and O–H groups in total. The van der Waals surface area contributed by atoms with Gasteiger partial charge in [0.05, 0.1) is 15.9 Å². The molecule has 6 nitrogen and oxygen atoms in total. The van der Waals surface area contributed by atoms with Crippen LogP contribution in [0.5, 0.6) is 0 Å².